The van der Waals surface area contributed by atoms with Crippen molar-refractivity contribution in [1.82, 2.24) is 0 Å². The van der Waals surface area contributed by atoms with Crippen molar-refractivity contribution in [2.75, 3.05) is 6.61 Å². The summed E-state index contributed by atoms with van der Waals surface area (Å²) in [5.41, 5.74) is 5.97. The third-order valence-corrected chi connectivity index (χ3v) is 3.61. The summed E-state index contributed by atoms with van der Waals surface area (Å²) in [6, 6.07) is 3.22. The minimum absolute atomic E-state index is 0.159. The van der Waals surface area contributed by atoms with Crippen LogP contribution in [0, 0.1) is 11.7 Å². The van der Waals surface area contributed by atoms with Crippen LogP contribution in [0.4, 0.5) is 4.39 Å². The van der Waals surface area contributed by atoms with Gasteiger partial charge in [0.1, 0.15) is 4.99 Å². The van der Waals surface area contributed by atoms with Crippen LogP contribution in [0.15, 0.2) is 16.6 Å². The van der Waals surface area contributed by atoms with Crippen molar-refractivity contribution in [3.63, 3.8) is 0 Å². The Morgan fingerprint density at radius 3 is 2.78 bits per heavy atom. The van der Waals surface area contributed by atoms with E-state index in [1.807, 2.05) is 0 Å². The van der Waals surface area contributed by atoms with Crippen molar-refractivity contribution in [1.29, 1.82) is 0 Å². The van der Waals surface area contributed by atoms with E-state index < -0.39 is 5.82 Å². The lowest BCUT2D eigenvalue weighted by Gasteiger charge is -2.14. The van der Waals surface area contributed by atoms with Gasteiger partial charge in [-0.15, -0.1) is 0 Å². The molecule has 100 valence electrons. The standard InChI is InChI=1S/C13H17BrFNOS/c1-3-4-8(2)7-17-10-6-5-9(13(16)18)11(14)12(10)15/h5-6,8H,3-4,7H2,1-2H3,(H2,16,18). The van der Waals surface area contributed by atoms with Crippen LogP contribution in [0.25, 0.3) is 0 Å². The Morgan fingerprint density at radius 1 is 1.56 bits per heavy atom. The number of nitrogens with two attached hydrogens (primary N) is 1. The first kappa shape index (κ1) is 15.4. The molecular formula is C13H17BrFNOS. The van der Waals surface area contributed by atoms with Crippen LogP contribution >= 0.6 is 28.1 Å². The molecule has 1 atom stereocenters. The smallest absolute Gasteiger partial charge is 0.179 e. The van der Waals surface area contributed by atoms with Crippen LogP contribution in [0.2, 0.25) is 0 Å². The monoisotopic (exact) mass is 333 g/mol. The molecule has 0 fully saturated rings. The summed E-state index contributed by atoms with van der Waals surface area (Å²) in [5, 5.41) is 0. The molecule has 0 heterocycles. The molecule has 18 heavy (non-hydrogen) atoms. The second kappa shape index (κ2) is 7.04. The Kier molecular flexibility index (Phi) is 6.02. The summed E-state index contributed by atoms with van der Waals surface area (Å²) in [6.07, 6.45) is 2.16. The fourth-order valence-electron chi connectivity index (χ4n) is 1.64. The Labute approximate surface area is 121 Å². The molecule has 1 rings (SSSR count). The predicted octanol–water partition coefficient (Wildman–Crippen LogP) is 4.04. The summed E-state index contributed by atoms with van der Waals surface area (Å²) < 4.78 is 19.7. The number of hydrogen-bond acceptors (Lipinski definition) is 2. The maximum Gasteiger partial charge on any atom is 0.179 e. The lowest BCUT2D eigenvalue weighted by molar-refractivity contribution is 0.241. The molecule has 1 unspecified atom stereocenters. The van der Waals surface area contributed by atoms with Crippen molar-refractivity contribution >= 4 is 33.1 Å². The number of benzene rings is 1. The van der Waals surface area contributed by atoms with Gasteiger partial charge in [0, 0.05) is 5.56 Å². The van der Waals surface area contributed by atoms with E-state index in [1.165, 1.54) is 0 Å². The Balaban J connectivity index is 2.79. The van der Waals surface area contributed by atoms with Crippen molar-refractivity contribution in [2.45, 2.75) is 26.7 Å². The third-order valence-electron chi connectivity index (χ3n) is 2.62. The van der Waals surface area contributed by atoms with Crippen LogP contribution in [0.5, 0.6) is 5.75 Å². The van der Waals surface area contributed by atoms with Crippen molar-refractivity contribution < 1.29 is 9.13 Å². The average Bonchev–Trinajstić information content (AvgIpc) is 2.31. The van der Waals surface area contributed by atoms with E-state index in [-0.39, 0.29) is 15.2 Å². The number of halogens is 2. The summed E-state index contributed by atoms with van der Waals surface area (Å²) in [6.45, 7) is 4.70. The highest BCUT2D eigenvalue weighted by Crippen LogP contribution is 2.29. The molecule has 0 saturated heterocycles. The molecule has 2 nitrogen and oxygen atoms in total. The van der Waals surface area contributed by atoms with Crippen molar-refractivity contribution in [3.8, 4) is 5.75 Å². The fourth-order valence-corrected chi connectivity index (χ4v) is 2.48. The number of hydrogen-bond donors (Lipinski definition) is 1. The zero-order valence-corrected chi connectivity index (χ0v) is 12.9. The van der Waals surface area contributed by atoms with Crippen LogP contribution < -0.4 is 10.5 Å². The van der Waals surface area contributed by atoms with Gasteiger partial charge in [0.15, 0.2) is 11.6 Å². The van der Waals surface area contributed by atoms with Crippen LogP contribution in [0.1, 0.15) is 32.3 Å². The molecule has 0 bridgehead atoms. The van der Waals surface area contributed by atoms with E-state index in [2.05, 4.69) is 29.8 Å². The molecule has 0 saturated carbocycles. The van der Waals surface area contributed by atoms with Crippen molar-refractivity contribution in [2.24, 2.45) is 11.7 Å². The number of rotatable bonds is 6. The zero-order valence-electron chi connectivity index (χ0n) is 10.5. The fraction of sp³-hybridized carbons (Fsp3) is 0.462. The molecular weight excluding hydrogens is 317 g/mol. The largest absolute Gasteiger partial charge is 0.490 e. The first-order valence-electron chi connectivity index (χ1n) is 5.88. The highest BCUT2D eigenvalue weighted by atomic mass is 79.9. The molecule has 0 aliphatic carbocycles. The molecule has 0 aliphatic heterocycles. The van der Waals surface area contributed by atoms with E-state index in [0.29, 0.717) is 18.1 Å². The topological polar surface area (TPSA) is 35.2 Å². The predicted molar refractivity (Wildman–Crippen MR) is 79.6 cm³/mol. The van der Waals surface area contributed by atoms with E-state index in [9.17, 15) is 4.39 Å². The normalized spacial score (nSPS) is 12.2. The van der Waals surface area contributed by atoms with Crippen LogP contribution in [-0.4, -0.2) is 11.6 Å². The van der Waals surface area contributed by atoms with Gasteiger partial charge < -0.3 is 10.5 Å². The van der Waals surface area contributed by atoms with Crippen LogP contribution in [0.3, 0.4) is 0 Å². The molecule has 0 aliphatic rings. The molecule has 0 aromatic heterocycles. The molecule has 2 N–H and O–H groups in total. The van der Waals surface area contributed by atoms with Gasteiger partial charge in [0.2, 0.25) is 0 Å². The first-order valence-corrected chi connectivity index (χ1v) is 7.08. The van der Waals surface area contributed by atoms with E-state index >= 15 is 0 Å². The average molecular weight is 334 g/mol. The maximum atomic E-state index is 14.0. The summed E-state index contributed by atoms with van der Waals surface area (Å²) in [5.74, 6) is 0.178. The number of thiocarbonyl (C=S) groups is 1. The molecule has 1 aromatic carbocycles. The maximum absolute atomic E-state index is 14.0. The highest BCUT2D eigenvalue weighted by molar-refractivity contribution is 9.10. The minimum Gasteiger partial charge on any atom is -0.490 e. The first-order chi connectivity index (χ1) is 8.47. The lowest BCUT2D eigenvalue weighted by atomic mass is 10.1. The molecule has 1 aromatic rings. The van der Waals surface area contributed by atoms with Gasteiger partial charge in [-0.1, -0.05) is 32.5 Å². The second-order valence-corrected chi connectivity index (χ2v) is 5.54. The van der Waals surface area contributed by atoms with Gasteiger partial charge in [0.25, 0.3) is 0 Å². The van der Waals surface area contributed by atoms with E-state index in [4.69, 9.17) is 22.7 Å². The Hall–Kier alpha value is -0.680. The van der Waals surface area contributed by atoms with Gasteiger partial charge in [-0.2, -0.15) is 0 Å². The minimum atomic E-state index is -0.455. The second-order valence-electron chi connectivity index (χ2n) is 4.31. The lowest BCUT2D eigenvalue weighted by Crippen LogP contribution is -2.13. The molecule has 0 radical (unpaired) electrons. The summed E-state index contributed by atoms with van der Waals surface area (Å²) >= 11 is 7.98. The quantitative estimate of drug-likeness (QED) is 0.798. The molecule has 5 heteroatoms. The Bertz CT molecular complexity index is 439. The molecule has 0 amide bonds. The highest BCUT2D eigenvalue weighted by Gasteiger charge is 2.14. The zero-order chi connectivity index (χ0) is 13.7. The van der Waals surface area contributed by atoms with Gasteiger partial charge in [-0.05, 0) is 40.4 Å². The van der Waals surface area contributed by atoms with Gasteiger partial charge in [-0.3, -0.25) is 0 Å². The SMILES string of the molecule is CCCC(C)COc1ccc(C(N)=S)c(Br)c1F. The van der Waals surface area contributed by atoms with E-state index in [1.54, 1.807) is 12.1 Å². The van der Waals surface area contributed by atoms with Gasteiger partial charge in [0.05, 0.1) is 11.1 Å². The summed E-state index contributed by atoms with van der Waals surface area (Å²) in [4.78, 5) is 0.159. The molecule has 0 spiro atoms. The van der Waals surface area contributed by atoms with E-state index in [0.717, 1.165) is 12.8 Å². The number of ether oxygens (including phenoxy) is 1. The van der Waals surface area contributed by atoms with Gasteiger partial charge >= 0.3 is 0 Å². The Morgan fingerprint density at radius 2 is 2.22 bits per heavy atom. The van der Waals surface area contributed by atoms with Gasteiger partial charge in [-0.25, -0.2) is 4.39 Å². The van der Waals surface area contributed by atoms with Crippen LogP contribution in [-0.2, 0) is 0 Å². The summed E-state index contributed by atoms with van der Waals surface area (Å²) in [7, 11) is 0. The van der Waals surface area contributed by atoms with Crippen molar-refractivity contribution in [3.05, 3.63) is 28.0 Å². The third kappa shape index (κ3) is 3.92.